The molecule has 3 aromatic rings. The van der Waals surface area contributed by atoms with Crippen molar-refractivity contribution in [1.82, 2.24) is 19.6 Å². The van der Waals surface area contributed by atoms with Crippen LogP contribution in [0.4, 0.5) is 5.82 Å². The van der Waals surface area contributed by atoms with E-state index in [2.05, 4.69) is 52.0 Å². The summed E-state index contributed by atoms with van der Waals surface area (Å²) in [5.41, 5.74) is 1.85. The summed E-state index contributed by atoms with van der Waals surface area (Å²) in [6.45, 7) is 6.70. The average molecular weight is 323 g/mol. The van der Waals surface area contributed by atoms with Gasteiger partial charge >= 0.3 is 0 Å². The van der Waals surface area contributed by atoms with Gasteiger partial charge in [0.05, 0.1) is 17.9 Å². The first-order valence-electron chi connectivity index (χ1n) is 8.34. The van der Waals surface area contributed by atoms with Crippen molar-refractivity contribution >= 4 is 11.6 Å². The Morgan fingerprint density at radius 3 is 2.88 bits per heavy atom. The molecule has 3 heterocycles. The van der Waals surface area contributed by atoms with Crippen molar-refractivity contribution in [2.45, 2.75) is 25.9 Å². The smallest absolute Gasteiger partial charge is 0.254 e. The van der Waals surface area contributed by atoms with Crippen LogP contribution in [0.25, 0.3) is 17.0 Å². The molecule has 2 aromatic heterocycles. The lowest BCUT2D eigenvalue weighted by molar-refractivity contribution is -0.0444. The highest BCUT2D eigenvalue weighted by atomic mass is 16.5. The predicted octanol–water partition coefficient (Wildman–Crippen LogP) is 2.80. The molecular weight excluding hydrogens is 302 g/mol. The van der Waals surface area contributed by atoms with Gasteiger partial charge in [-0.3, -0.25) is 0 Å². The standard InChI is InChI=1S/C18H21N5O/c1-3-18(2)12-22(9-10-24-18)16-11-15(14-7-5-4-6-8-14)21-17-19-13-20-23(16)17/h4-8,11,13H,3,9-10,12H2,1-2H3. The molecule has 6 nitrogen and oxygen atoms in total. The fraction of sp³-hybridized carbons (Fsp3) is 0.389. The van der Waals surface area contributed by atoms with Crippen molar-refractivity contribution in [2.75, 3.05) is 24.6 Å². The third-order valence-corrected chi connectivity index (χ3v) is 4.71. The summed E-state index contributed by atoms with van der Waals surface area (Å²) in [6, 6.07) is 12.3. The van der Waals surface area contributed by atoms with E-state index in [0.29, 0.717) is 12.4 Å². The van der Waals surface area contributed by atoms with Crippen LogP contribution < -0.4 is 4.90 Å². The lowest BCUT2D eigenvalue weighted by Gasteiger charge is -2.41. The molecule has 1 unspecified atom stereocenters. The highest BCUT2D eigenvalue weighted by Crippen LogP contribution is 2.28. The quantitative estimate of drug-likeness (QED) is 0.742. The first kappa shape index (κ1) is 15.1. The van der Waals surface area contributed by atoms with Crippen molar-refractivity contribution in [3.8, 4) is 11.3 Å². The van der Waals surface area contributed by atoms with Crippen LogP contribution in [0.5, 0.6) is 0 Å². The number of morpholine rings is 1. The summed E-state index contributed by atoms with van der Waals surface area (Å²) in [5, 5.41) is 4.36. The van der Waals surface area contributed by atoms with E-state index in [1.807, 2.05) is 22.7 Å². The fourth-order valence-electron chi connectivity index (χ4n) is 3.12. The summed E-state index contributed by atoms with van der Waals surface area (Å²) >= 11 is 0. The Labute approximate surface area is 141 Å². The van der Waals surface area contributed by atoms with Gasteiger partial charge in [0.15, 0.2) is 0 Å². The molecule has 1 saturated heterocycles. The zero-order valence-corrected chi connectivity index (χ0v) is 14.0. The maximum atomic E-state index is 5.97. The molecule has 0 bridgehead atoms. The van der Waals surface area contributed by atoms with E-state index in [0.717, 1.165) is 36.6 Å². The van der Waals surface area contributed by atoms with Crippen LogP contribution in [-0.4, -0.2) is 44.9 Å². The fourth-order valence-corrected chi connectivity index (χ4v) is 3.12. The Morgan fingerprint density at radius 1 is 1.25 bits per heavy atom. The largest absolute Gasteiger partial charge is 0.372 e. The van der Waals surface area contributed by atoms with E-state index in [1.165, 1.54) is 0 Å². The van der Waals surface area contributed by atoms with E-state index in [1.54, 1.807) is 6.33 Å². The van der Waals surface area contributed by atoms with E-state index in [-0.39, 0.29) is 5.60 Å². The van der Waals surface area contributed by atoms with Gasteiger partial charge in [-0.05, 0) is 13.3 Å². The monoisotopic (exact) mass is 323 g/mol. The zero-order valence-electron chi connectivity index (χ0n) is 14.0. The van der Waals surface area contributed by atoms with E-state index in [9.17, 15) is 0 Å². The maximum Gasteiger partial charge on any atom is 0.254 e. The lowest BCUT2D eigenvalue weighted by Crippen LogP contribution is -2.50. The predicted molar refractivity (Wildman–Crippen MR) is 93.1 cm³/mol. The third kappa shape index (κ3) is 2.63. The van der Waals surface area contributed by atoms with Crippen LogP contribution in [0.2, 0.25) is 0 Å². The highest BCUT2D eigenvalue weighted by Gasteiger charge is 2.31. The Hall–Kier alpha value is -2.47. The molecule has 1 aromatic carbocycles. The highest BCUT2D eigenvalue weighted by molar-refractivity contribution is 5.65. The van der Waals surface area contributed by atoms with E-state index < -0.39 is 0 Å². The molecule has 1 aliphatic rings. The summed E-state index contributed by atoms with van der Waals surface area (Å²) in [7, 11) is 0. The molecular formula is C18H21N5O. The van der Waals surface area contributed by atoms with E-state index in [4.69, 9.17) is 4.74 Å². The number of anilines is 1. The molecule has 0 saturated carbocycles. The Morgan fingerprint density at radius 2 is 2.08 bits per heavy atom. The zero-order chi connectivity index (χ0) is 16.6. The molecule has 0 N–H and O–H groups in total. The number of benzene rings is 1. The summed E-state index contributed by atoms with van der Waals surface area (Å²) in [5.74, 6) is 1.63. The van der Waals surface area contributed by atoms with Crippen LogP contribution in [-0.2, 0) is 4.74 Å². The average Bonchev–Trinajstić information content (AvgIpc) is 3.10. The minimum Gasteiger partial charge on any atom is -0.372 e. The molecule has 124 valence electrons. The number of ether oxygens (including phenoxy) is 1. The van der Waals surface area contributed by atoms with Crippen molar-refractivity contribution in [3.05, 3.63) is 42.7 Å². The first-order valence-corrected chi connectivity index (χ1v) is 8.34. The van der Waals surface area contributed by atoms with Crippen molar-refractivity contribution in [3.63, 3.8) is 0 Å². The van der Waals surface area contributed by atoms with Gasteiger partial charge in [0.1, 0.15) is 12.1 Å². The number of fused-ring (bicyclic) bond motifs is 1. The normalized spacial score (nSPS) is 21.3. The molecule has 24 heavy (non-hydrogen) atoms. The molecule has 1 aliphatic heterocycles. The Bertz CT molecular complexity index is 847. The third-order valence-electron chi connectivity index (χ3n) is 4.71. The van der Waals surface area contributed by atoms with Crippen LogP contribution in [0.1, 0.15) is 20.3 Å². The molecule has 0 amide bonds. The van der Waals surface area contributed by atoms with Gasteiger partial charge in [0.25, 0.3) is 5.78 Å². The topological polar surface area (TPSA) is 55.6 Å². The molecule has 0 aliphatic carbocycles. The molecule has 1 atom stereocenters. The lowest BCUT2D eigenvalue weighted by atomic mass is 10.0. The van der Waals surface area contributed by atoms with Crippen molar-refractivity contribution < 1.29 is 4.74 Å². The maximum absolute atomic E-state index is 5.97. The van der Waals surface area contributed by atoms with Crippen LogP contribution in [0.3, 0.4) is 0 Å². The Kier molecular flexibility index (Phi) is 3.69. The van der Waals surface area contributed by atoms with Crippen molar-refractivity contribution in [2.24, 2.45) is 0 Å². The van der Waals surface area contributed by atoms with Crippen LogP contribution >= 0.6 is 0 Å². The summed E-state index contributed by atoms with van der Waals surface area (Å²) < 4.78 is 7.79. The number of hydrogen-bond acceptors (Lipinski definition) is 5. The minimum absolute atomic E-state index is 0.138. The summed E-state index contributed by atoms with van der Waals surface area (Å²) in [6.07, 6.45) is 2.53. The van der Waals surface area contributed by atoms with Gasteiger partial charge < -0.3 is 9.64 Å². The van der Waals surface area contributed by atoms with Crippen LogP contribution in [0, 0.1) is 0 Å². The number of rotatable bonds is 3. The van der Waals surface area contributed by atoms with Gasteiger partial charge in [-0.15, -0.1) is 0 Å². The second-order valence-electron chi connectivity index (χ2n) is 6.41. The number of aromatic nitrogens is 4. The number of nitrogens with zero attached hydrogens (tertiary/aromatic N) is 5. The SMILES string of the molecule is CCC1(C)CN(c2cc(-c3ccccc3)nc3ncnn23)CCO1. The second-order valence-corrected chi connectivity index (χ2v) is 6.41. The molecule has 1 fully saturated rings. The Balaban J connectivity index is 1.81. The molecule has 4 rings (SSSR count). The van der Waals surface area contributed by atoms with Gasteiger partial charge in [-0.2, -0.15) is 14.6 Å². The number of hydrogen-bond donors (Lipinski definition) is 0. The van der Waals surface area contributed by atoms with Gasteiger partial charge in [-0.25, -0.2) is 4.98 Å². The van der Waals surface area contributed by atoms with Gasteiger partial charge in [0.2, 0.25) is 0 Å². The van der Waals surface area contributed by atoms with Crippen molar-refractivity contribution in [1.29, 1.82) is 0 Å². The molecule has 0 radical (unpaired) electrons. The summed E-state index contributed by atoms with van der Waals surface area (Å²) in [4.78, 5) is 11.3. The first-order chi connectivity index (χ1) is 11.7. The minimum atomic E-state index is -0.138. The molecule has 6 heteroatoms. The second kappa shape index (κ2) is 5.87. The van der Waals surface area contributed by atoms with Gasteiger partial charge in [-0.1, -0.05) is 37.3 Å². The van der Waals surface area contributed by atoms with E-state index >= 15 is 0 Å². The molecule has 0 spiro atoms. The van der Waals surface area contributed by atoms with Crippen LogP contribution in [0.15, 0.2) is 42.7 Å². The van der Waals surface area contributed by atoms with Gasteiger partial charge in [0, 0.05) is 24.7 Å².